The Hall–Kier alpha value is -4.63. The molecule has 2 aliphatic heterocycles. The van der Waals surface area contributed by atoms with Gasteiger partial charge in [-0.1, -0.05) is 53.6 Å². The quantitative estimate of drug-likeness (QED) is 0.179. The molecule has 208 valence electrons. The van der Waals surface area contributed by atoms with E-state index in [4.69, 9.17) is 19.6 Å². The van der Waals surface area contributed by atoms with E-state index < -0.39 is 5.91 Å². The van der Waals surface area contributed by atoms with Crippen LogP contribution < -0.4 is 14.2 Å². The smallest absolute Gasteiger partial charge is 0.283 e. The average Bonchev–Trinajstić information content (AvgIpc) is 3.39. The van der Waals surface area contributed by atoms with Crippen molar-refractivity contribution >= 4 is 39.8 Å². The Balaban J connectivity index is 1.36. The molecule has 3 aromatic rings. The number of hydrazone groups is 1. The number of aryl methyl sites for hydroxylation is 2. The number of nitrogens with zero attached hydrogens (tertiary/aromatic N) is 3. The van der Waals surface area contributed by atoms with Crippen LogP contribution >= 0.6 is 11.8 Å². The Morgan fingerprint density at radius 3 is 2.37 bits per heavy atom. The van der Waals surface area contributed by atoms with Gasteiger partial charge in [-0.2, -0.15) is 15.1 Å². The first-order valence-corrected chi connectivity index (χ1v) is 13.9. The summed E-state index contributed by atoms with van der Waals surface area (Å²) >= 11 is 1.27. The van der Waals surface area contributed by atoms with Crippen LogP contribution in [0.5, 0.6) is 17.2 Å². The molecule has 1 N–H and O–H groups in total. The lowest BCUT2D eigenvalue weighted by Crippen LogP contribution is -2.35. The summed E-state index contributed by atoms with van der Waals surface area (Å²) in [7, 11) is 1.56. The van der Waals surface area contributed by atoms with Gasteiger partial charge >= 0.3 is 0 Å². The van der Waals surface area contributed by atoms with Crippen molar-refractivity contribution in [3.63, 3.8) is 0 Å². The molecular formula is C32H30N4O4S. The molecule has 0 unspecified atom stereocenters. The van der Waals surface area contributed by atoms with E-state index >= 15 is 0 Å². The van der Waals surface area contributed by atoms with Crippen molar-refractivity contribution < 1.29 is 19.0 Å². The molecule has 5 rings (SSSR count). The predicted octanol–water partition coefficient (Wildman–Crippen LogP) is 6.17. The van der Waals surface area contributed by atoms with Crippen LogP contribution in [0.1, 0.15) is 27.8 Å². The number of allylic oxidation sites excluding steroid dienone is 1. The van der Waals surface area contributed by atoms with Crippen molar-refractivity contribution in [2.45, 2.75) is 20.3 Å². The first kappa shape index (κ1) is 27.9. The first-order chi connectivity index (χ1) is 19.9. The van der Waals surface area contributed by atoms with Crippen LogP contribution in [0.3, 0.4) is 0 Å². The number of benzene rings is 3. The maximum Gasteiger partial charge on any atom is 0.283 e. The lowest BCUT2D eigenvalue weighted by Gasteiger charge is -2.20. The molecule has 0 aliphatic carbocycles. The van der Waals surface area contributed by atoms with E-state index in [2.05, 4.69) is 16.7 Å². The van der Waals surface area contributed by atoms with Gasteiger partial charge in [0.25, 0.3) is 5.91 Å². The number of thioether (sulfide) groups is 1. The van der Waals surface area contributed by atoms with Crippen molar-refractivity contribution in [1.29, 1.82) is 5.41 Å². The van der Waals surface area contributed by atoms with Crippen LogP contribution in [0.4, 0.5) is 0 Å². The molecule has 3 aromatic carbocycles. The predicted molar refractivity (Wildman–Crippen MR) is 164 cm³/mol. The molecule has 0 fully saturated rings. The van der Waals surface area contributed by atoms with Gasteiger partial charge in [-0.15, -0.1) is 6.58 Å². The molecule has 2 aliphatic rings. The first-order valence-electron chi connectivity index (χ1n) is 13.1. The summed E-state index contributed by atoms with van der Waals surface area (Å²) in [6.45, 7) is 8.58. The van der Waals surface area contributed by atoms with Gasteiger partial charge in [0.2, 0.25) is 5.17 Å². The van der Waals surface area contributed by atoms with E-state index in [1.54, 1.807) is 25.3 Å². The number of carbonyl (C=O) groups excluding carboxylic acids is 1. The van der Waals surface area contributed by atoms with Crippen LogP contribution in [-0.4, -0.2) is 47.3 Å². The second-order valence-electron chi connectivity index (χ2n) is 9.51. The largest absolute Gasteiger partial charge is 0.493 e. The van der Waals surface area contributed by atoms with Gasteiger partial charge in [-0.05, 0) is 67.9 Å². The minimum absolute atomic E-state index is 0.0348. The number of fused-ring (bicyclic) bond motifs is 1. The zero-order chi connectivity index (χ0) is 28.9. The number of ether oxygens (including phenoxy) is 3. The molecule has 0 bridgehead atoms. The molecule has 0 saturated heterocycles. The topological polar surface area (TPSA) is 96.6 Å². The summed E-state index contributed by atoms with van der Waals surface area (Å²) < 4.78 is 17.5. The van der Waals surface area contributed by atoms with Crippen LogP contribution in [0.2, 0.25) is 0 Å². The molecule has 0 aromatic heterocycles. The number of rotatable bonds is 10. The van der Waals surface area contributed by atoms with Gasteiger partial charge < -0.3 is 14.2 Å². The summed E-state index contributed by atoms with van der Waals surface area (Å²) in [6.07, 6.45) is 3.92. The standard InChI is InChI=1S/C32H30N4O4S/c1-5-6-24-17-22(19-27(38-4)28(24)40-16-15-39-25-13-9-21(3)10-14-25)18-26-29(33)36-32(34-30(26)37)41-31(35-36)23-11-7-20(2)8-12-23/h5,7-14,17-19,33H,1,6,15-16H2,2-4H3/b26-18-,33-29?. The van der Waals surface area contributed by atoms with E-state index in [1.807, 2.05) is 68.4 Å². The summed E-state index contributed by atoms with van der Waals surface area (Å²) in [4.78, 5) is 17.2. The molecule has 0 radical (unpaired) electrons. The van der Waals surface area contributed by atoms with E-state index in [1.165, 1.54) is 22.3 Å². The zero-order valence-electron chi connectivity index (χ0n) is 23.1. The average molecular weight is 567 g/mol. The molecule has 41 heavy (non-hydrogen) atoms. The number of nitrogens with one attached hydrogen (secondary N) is 1. The number of amidine groups is 2. The molecule has 2 heterocycles. The third-order valence-electron chi connectivity index (χ3n) is 6.42. The molecule has 8 nitrogen and oxygen atoms in total. The van der Waals surface area contributed by atoms with Crippen LogP contribution in [0, 0.1) is 19.3 Å². The summed E-state index contributed by atoms with van der Waals surface area (Å²) in [5, 5.41) is 15.8. The zero-order valence-corrected chi connectivity index (χ0v) is 24.0. The van der Waals surface area contributed by atoms with Crippen molar-refractivity contribution in [2.24, 2.45) is 10.1 Å². The fourth-order valence-corrected chi connectivity index (χ4v) is 5.20. The van der Waals surface area contributed by atoms with Gasteiger partial charge in [0, 0.05) is 11.1 Å². The molecule has 1 amide bonds. The van der Waals surface area contributed by atoms with Crippen LogP contribution in [0.25, 0.3) is 6.08 Å². The van der Waals surface area contributed by atoms with E-state index in [-0.39, 0.29) is 11.4 Å². The number of hydrogen-bond acceptors (Lipinski definition) is 7. The summed E-state index contributed by atoms with van der Waals surface area (Å²) in [5.74, 6) is 1.33. The van der Waals surface area contributed by atoms with Crippen molar-refractivity contribution in [1.82, 2.24) is 5.01 Å². The maximum absolute atomic E-state index is 13.0. The fourth-order valence-electron chi connectivity index (χ4n) is 4.30. The highest BCUT2D eigenvalue weighted by atomic mass is 32.2. The van der Waals surface area contributed by atoms with Gasteiger partial charge in [0.1, 0.15) is 24.0 Å². The molecule has 0 spiro atoms. The lowest BCUT2D eigenvalue weighted by atomic mass is 10.0. The van der Waals surface area contributed by atoms with Gasteiger partial charge in [0.05, 0.1) is 12.7 Å². The second-order valence-corrected chi connectivity index (χ2v) is 10.5. The van der Waals surface area contributed by atoms with E-state index in [0.717, 1.165) is 22.4 Å². The molecule has 0 atom stereocenters. The monoisotopic (exact) mass is 566 g/mol. The highest BCUT2D eigenvalue weighted by Gasteiger charge is 2.36. The lowest BCUT2D eigenvalue weighted by molar-refractivity contribution is -0.114. The Bertz CT molecular complexity index is 1590. The summed E-state index contributed by atoms with van der Waals surface area (Å²) in [5.41, 5.74) is 4.84. The van der Waals surface area contributed by atoms with Gasteiger partial charge in [-0.3, -0.25) is 10.2 Å². The van der Waals surface area contributed by atoms with Crippen LogP contribution in [0.15, 0.2) is 89.0 Å². The Morgan fingerprint density at radius 2 is 1.68 bits per heavy atom. The highest BCUT2D eigenvalue weighted by molar-refractivity contribution is 8.27. The van der Waals surface area contributed by atoms with Crippen molar-refractivity contribution in [2.75, 3.05) is 20.3 Å². The molecule has 9 heteroatoms. The maximum atomic E-state index is 13.0. The normalized spacial score (nSPS) is 15.4. The van der Waals surface area contributed by atoms with Crippen molar-refractivity contribution in [3.8, 4) is 17.2 Å². The van der Waals surface area contributed by atoms with Gasteiger partial charge in [0.15, 0.2) is 17.3 Å². The van der Waals surface area contributed by atoms with Gasteiger partial charge in [-0.25, -0.2) is 0 Å². The number of amides is 1. The number of aliphatic imine (C=N–C) groups is 1. The SMILES string of the molecule is C=CCc1cc(/C=C2/C(=N)N3N=C(c4ccc(C)cc4)SC3=NC2=O)cc(OC)c1OCCOc1ccc(C)cc1. The number of methoxy groups -OCH3 is 1. The minimum atomic E-state index is -0.494. The third-order valence-corrected chi connectivity index (χ3v) is 7.38. The number of hydrogen-bond donors (Lipinski definition) is 1. The second kappa shape index (κ2) is 12.3. The Kier molecular flexibility index (Phi) is 8.35. The summed E-state index contributed by atoms with van der Waals surface area (Å²) in [6, 6.07) is 19.4. The van der Waals surface area contributed by atoms with Crippen LogP contribution in [-0.2, 0) is 11.2 Å². The highest BCUT2D eigenvalue weighted by Crippen LogP contribution is 2.36. The van der Waals surface area contributed by atoms with E-state index in [9.17, 15) is 4.79 Å². The molecule has 0 saturated carbocycles. The molecular weight excluding hydrogens is 536 g/mol. The Morgan fingerprint density at radius 1 is 1.00 bits per heavy atom. The number of carbonyl (C=O) groups is 1. The third kappa shape index (κ3) is 6.25. The fraction of sp³-hybridized carbons (Fsp3) is 0.188. The Labute approximate surface area is 243 Å². The van der Waals surface area contributed by atoms with Crippen molar-refractivity contribution in [3.05, 3.63) is 107 Å². The van der Waals surface area contributed by atoms with E-state index in [0.29, 0.717) is 46.9 Å². The minimum Gasteiger partial charge on any atom is -0.493 e.